The summed E-state index contributed by atoms with van der Waals surface area (Å²) in [4.78, 5) is 40.0. The fraction of sp³-hybridized carbons (Fsp3) is 0.654. The normalized spacial score (nSPS) is 16.2. The number of carboxylic acid groups (broad SMARTS) is 2. The number of rotatable bonds is 14. The second-order valence-electron chi connectivity index (χ2n) is 9.07. The lowest BCUT2D eigenvalue weighted by Crippen LogP contribution is -2.54. The van der Waals surface area contributed by atoms with Crippen molar-refractivity contribution in [3.8, 4) is 0 Å². The van der Waals surface area contributed by atoms with E-state index in [1.165, 1.54) is 41.9 Å². The van der Waals surface area contributed by atoms with Gasteiger partial charge in [0.15, 0.2) is 0 Å². The van der Waals surface area contributed by atoms with Crippen LogP contribution in [0.2, 0.25) is 0 Å². The molecule has 184 valence electrons. The molecule has 7 heteroatoms. The van der Waals surface area contributed by atoms with Crippen molar-refractivity contribution in [1.29, 1.82) is 0 Å². The Labute approximate surface area is 197 Å². The number of hydrogen-bond acceptors (Lipinski definition) is 3. The van der Waals surface area contributed by atoms with Crippen LogP contribution in [0, 0.1) is 5.92 Å². The first kappa shape index (κ1) is 26.7. The standard InChI is InChI=1S/C26H40N2O5/c1-3-5-6-7-8-9-10-11-16-22(24(29)30)18-27(4-2)26(33)28-19-21-15-13-12-14-20(21)17-23(28)25(31)32/h12-15,22-23H,3-11,16-19H2,1-2H3,(H,29,30)(H,31,32)/t22-,23-/m0/s1. The van der Waals surface area contributed by atoms with Crippen molar-refractivity contribution in [3.63, 3.8) is 0 Å². The molecule has 0 aliphatic carbocycles. The number of unbranched alkanes of at least 4 members (excludes halogenated alkanes) is 7. The minimum absolute atomic E-state index is 0.103. The SMILES string of the molecule is CCCCCCCCCC[C@@H](CN(CC)C(=O)N1Cc2ccccc2C[C@H]1C(=O)O)C(=O)O. The van der Waals surface area contributed by atoms with E-state index >= 15 is 0 Å². The first-order valence-electron chi connectivity index (χ1n) is 12.5. The van der Waals surface area contributed by atoms with Crippen LogP contribution in [0.3, 0.4) is 0 Å². The van der Waals surface area contributed by atoms with Crippen molar-refractivity contribution in [1.82, 2.24) is 9.80 Å². The zero-order valence-corrected chi connectivity index (χ0v) is 20.2. The molecule has 7 nitrogen and oxygen atoms in total. The van der Waals surface area contributed by atoms with Crippen LogP contribution < -0.4 is 0 Å². The molecule has 0 aromatic heterocycles. The van der Waals surface area contributed by atoms with Crippen LogP contribution in [-0.4, -0.2) is 57.1 Å². The molecule has 2 amide bonds. The van der Waals surface area contributed by atoms with Gasteiger partial charge in [-0.2, -0.15) is 0 Å². The number of carboxylic acids is 2. The highest BCUT2D eigenvalue weighted by atomic mass is 16.4. The Morgan fingerprint density at radius 3 is 2.15 bits per heavy atom. The molecule has 1 aliphatic rings. The molecule has 0 unspecified atom stereocenters. The Hall–Kier alpha value is -2.57. The number of urea groups is 1. The predicted octanol–water partition coefficient (Wildman–Crippen LogP) is 5.17. The largest absolute Gasteiger partial charge is 0.481 e. The van der Waals surface area contributed by atoms with E-state index in [0.29, 0.717) is 13.0 Å². The van der Waals surface area contributed by atoms with E-state index < -0.39 is 29.9 Å². The molecular formula is C26H40N2O5. The zero-order valence-electron chi connectivity index (χ0n) is 20.2. The Morgan fingerprint density at radius 2 is 1.58 bits per heavy atom. The number of fused-ring (bicyclic) bond motifs is 1. The van der Waals surface area contributed by atoms with Crippen LogP contribution in [0.1, 0.15) is 82.8 Å². The van der Waals surface area contributed by atoms with Crippen molar-refractivity contribution < 1.29 is 24.6 Å². The lowest BCUT2D eigenvalue weighted by atomic mass is 9.94. The first-order chi connectivity index (χ1) is 15.9. The van der Waals surface area contributed by atoms with E-state index in [0.717, 1.165) is 30.4 Å². The minimum Gasteiger partial charge on any atom is -0.481 e. The topological polar surface area (TPSA) is 98.2 Å². The van der Waals surface area contributed by atoms with Gasteiger partial charge in [0, 0.05) is 26.1 Å². The summed E-state index contributed by atoms with van der Waals surface area (Å²) in [6.07, 6.45) is 9.90. The molecule has 1 heterocycles. The Kier molecular flexibility index (Phi) is 11.2. The number of nitrogens with zero attached hydrogens (tertiary/aromatic N) is 2. The molecular weight excluding hydrogens is 420 g/mol. The van der Waals surface area contributed by atoms with E-state index in [-0.39, 0.29) is 19.5 Å². The molecule has 2 rings (SSSR count). The van der Waals surface area contributed by atoms with Crippen molar-refractivity contribution in [2.75, 3.05) is 13.1 Å². The van der Waals surface area contributed by atoms with E-state index in [1.54, 1.807) is 6.92 Å². The summed E-state index contributed by atoms with van der Waals surface area (Å²) in [6.45, 7) is 4.66. The number of carbonyl (C=O) groups excluding carboxylic acids is 1. The van der Waals surface area contributed by atoms with Gasteiger partial charge in [-0.25, -0.2) is 9.59 Å². The summed E-state index contributed by atoms with van der Waals surface area (Å²) in [5.41, 5.74) is 1.88. The quantitative estimate of drug-likeness (QED) is 0.373. The number of amides is 2. The molecule has 1 aliphatic heterocycles. The van der Waals surface area contributed by atoms with Gasteiger partial charge in [-0.15, -0.1) is 0 Å². The van der Waals surface area contributed by atoms with Gasteiger partial charge in [0.25, 0.3) is 0 Å². The maximum absolute atomic E-state index is 13.3. The summed E-state index contributed by atoms with van der Waals surface area (Å²) in [7, 11) is 0. The van der Waals surface area contributed by atoms with Gasteiger partial charge in [0.05, 0.1) is 5.92 Å². The molecule has 0 saturated heterocycles. The van der Waals surface area contributed by atoms with Gasteiger partial charge in [-0.3, -0.25) is 4.79 Å². The molecule has 1 aromatic carbocycles. The predicted molar refractivity (Wildman–Crippen MR) is 128 cm³/mol. The van der Waals surface area contributed by atoms with E-state index in [4.69, 9.17) is 0 Å². The van der Waals surface area contributed by atoms with Gasteiger partial charge in [-0.05, 0) is 24.5 Å². The number of hydrogen-bond donors (Lipinski definition) is 2. The van der Waals surface area contributed by atoms with Crippen molar-refractivity contribution >= 4 is 18.0 Å². The van der Waals surface area contributed by atoms with Crippen LogP contribution >= 0.6 is 0 Å². The highest BCUT2D eigenvalue weighted by Gasteiger charge is 2.37. The Bertz CT molecular complexity index is 782. The first-order valence-corrected chi connectivity index (χ1v) is 12.5. The molecule has 0 saturated carbocycles. The third-order valence-electron chi connectivity index (χ3n) is 6.63. The fourth-order valence-electron chi connectivity index (χ4n) is 4.55. The molecule has 2 N–H and O–H groups in total. The number of carbonyl (C=O) groups is 3. The molecule has 0 spiro atoms. The van der Waals surface area contributed by atoms with Gasteiger partial charge >= 0.3 is 18.0 Å². The van der Waals surface area contributed by atoms with Gasteiger partial charge in [0.1, 0.15) is 6.04 Å². The lowest BCUT2D eigenvalue weighted by Gasteiger charge is -2.38. The average Bonchev–Trinajstić information content (AvgIpc) is 2.81. The smallest absolute Gasteiger partial charge is 0.326 e. The van der Waals surface area contributed by atoms with Crippen molar-refractivity contribution in [2.45, 2.75) is 90.6 Å². The molecule has 0 fully saturated rings. The third kappa shape index (κ3) is 8.06. The maximum Gasteiger partial charge on any atom is 0.326 e. The zero-order chi connectivity index (χ0) is 24.2. The second kappa shape index (κ2) is 13.9. The average molecular weight is 461 g/mol. The van der Waals surface area contributed by atoms with Gasteiger partial charge in [0.2, 0.25) is 0 Å². The van der Waals surface area contributed by atoms with Gasteiger partial charge < -0.3 is 20.0 Å². The van der Waals surface area contributed by atoms with Crippen molar-refractivity contribution in [2.24, 2.45) is 5.92 Å². The summed E-state index contributed by atoms with van der Waals surface area (Å²) in [5, 5.41) is 19.5. The molecule has 2 atom stereocenters. The van der Waals surface area contributed by atoms with Crippen LogP contribution in [0.4, 0.5) is 4.79 Å². The summed E-state index contributed by atoms with van der Waals surface area (Å²) in [5.74, 6) is -2.58. The van der Waals surface area contributed by atoms with Crippen molar-refractivity contribution in [3.05, 3.63) is 35.4 Å². The number of benzene rings is 1. The molecule has 33 heavy (non-hydrogen) atoms. The Balaban J connectivity index is 1.95. The lowest BCUT2D eigenvalue weighted by molar-refractivity contribution is -0.144. The van der Waals surface area contributed by atoms with Crippen LogP contribution in [0.5, 0.6) is 0 Å². The second-order valence-corrected chi connectivity index (χ2v) is 9.07. The minimum atomic E-state index is -1.04. The van der Waals surface area contributed by atoms with E-state index in [9.17, 15) is 24.6 Å². The van der Waals surface area contributed by atoms with Crippen LogP contribution in [0.15, 0.2) is 24.3 Å². The fourth-order valence-corrected chi connectivity index (χ4v) is 4.55. The number of aliphatic carboxylic acids is 2. The molecule has 0 radical (unpaired) electrons. The van der Waals surface area contributed by atoms with Crippen LogP contribution in [-0.2, 0) is 22.6 Å². The van der Waals surface area contributed by atoms with E-state index in [1.807, 2.05) is 24.3 Å². The van der Waals surface area contributed by atoms with E-state index in [2.05, 4.69) is 6.92 Å². The Morgan fingerprint density at radius 1 is 0.970 bits per heavy atom. The summed E-state index contributed by atoms with van der Waals surface area (Å²) < 4.78 is 0. The van der Waals surface area contributed by atoms with Gasteiger partial charge in [-0.1, -0.05) is 82.6 Å². The highest BCUT2D eigenvalue weighted by molar-refractivity contribution is 5.84. The molecule has 0 bridgehead atoms. The highest BCUT2D eigenvalue weighted by Crippen LogP contribution is 2.25. The maximum atomic E-state index is 13.3. The van der Waals surface area contributed by atoms with Crippen LogP contribution in [0.25, 0.3) is 0 Å². The third-order valence-corrected chi connectivity index (χ3v) is 6.63. The molecule has 1 aromatic rings. The monoisotopic (exact) mass is 460 g/mol. The summed E-state index contributed by atoms with van der Waals surface area (Å²) in [6, 6.07) is 6.21. The summed E-state index contributed by atoms with van der Waals surface area (Å²) >= 11 is 0.